The topological polar surface area (TPSA) is 156 Å². The number of piperazine rings is 1. The molecule has 54 heavy (non-hydrogen) atoms. The van der Waals surface area contributed by atoms with E-state index in [4.69, 9.17) is 20.3 Å². The van der Waals surface area contributed by atoms with Crippen molar-refractivity contribution >= 4 is 28.9 Å². The van der Waals surface area contributed by atoms with E-state index in [2.05, 4.69) is 20.9 Å². The van der Waals surface area contributed by atoms with E-state index >= 15 is 4.39 Å². The summed E-state index contributed by atoms with van der Waals surface area (Å²) in [6, 6.07) is 15.2. The largest absolute Gasteiger partial charge is 0.457 e. The number of nitrogen functional groups attached to an aromatic ring is 1. The van der Waals surface area contributed by atoms with E-state index in [1.807, 2.05) is 66.7 Å². The molecule has 0 aliphatic carbocycles. The normalized spacial score (nSPS) is 20.1. The van der Waals surface area contributed by atoms with Crippen LogP contribution in [0.4, 0.5) is 15.0 Å². The summed E-state index contributed by atoms with van der Waals surface area (Å²) in [7, 11) is 0. The minimum atomic E-state index is -0.675. The standard InChI is InChI=1S/C40H48FN9O4/c1-25-21-48(22-26(2)49(25)38(52)54-39(3,4)5)40(6,7)19-27(20-42)37(51)47-17-11-12-28(23-47)50-36-33(35(43)44-24-45-36)34(46-50)31-16-15-30(18-32(31)41)53-29-13-9-8-10-14-29/h8-10,13-16,18-19,24-26,28H,11-12,17,21-23H2,1-7H3,(H2,43,44,45)/b27-19+/t25?,26?,28-/m1/s1. The highest BCUT2D eigenvalue weighted by atomic mass is 19.1. The van der Waals surface area contributed by atoms with Crippen LogP contribution in [-0.2, 0) is 9.53 Å². The van der Waals surface area contributed by atoms with Crippen LogP contribution < -0.4 is 10.5 Å². The van der Waals surface area contributed by atoms with Crippen LogP contribution in [0.25, 0.3) is 22.3 Å². The number of para-hydroxylation sites is 1. The van der Waals surface area contributed by atoms with Crippen molar-refractivity contribution in [3.05, 3.63) is 72.3 Å². The van der Waals surface area contributed by atoms with Gasteiger partial charge in [-0.05, 0) is 91.6 Å². The molecule has 2 amide bonds. The summed E-state index contributed by atoms with van der Waals surface area (Å²) in [5.74, 6) is 0.124. The monoisotopic (exact) mass is 737 g/mol. The van der Waals surface area contributed by atoms with Gasteiger partial charge in [-0.15, -0.1) is 0 Å². The molecule has 13 nitrogen and oxygen atoms in total. The van der Waals surface area contributed by atoms with Crippen LogP contribution in [-0.4, -0.2) is 95.9 Å². The highest BCUT2D eigenvalue weighted by molar-refractivity contribution is 5.99. The van der Waals surface area contributed by atoms with Crippen LogP contribution in [0.1, 0.15) is 67.3 Å². The van der Waals surface area contributed by atoms with Crippen LogP contribution in [0.15, 0.2) is 66.5 Å². The van der Waals surface area contributed by atoms with Gasteiger partial charge in [0.15, 0.2) is 5.65 Å². The summed E-state index contributed by atoms with van der Waals surface area (Å²) >= 11 is 0. The maximum absolute atomic E-state index is 15.7. The second kappa shape index (κ2) is 15.1. The Morgan fingerprint density at radius 3 is 2.35 bits per heavy atom. The van der Waals surface area contributed by atoms with Gasteiger partial charge in [-0.2, -0.15) is 10.4 Å². The van der Waals surface area contributed by atoms with Crippen LogP contribution in [0.2, 0.25) is 0 Å². The zero-order valence-corrected chi connectivity index (χ0v) is 31.9. The van der Waals surface area contributed by atoms with Gasteiger partial charge in [-0.3, -0.25) is 9.69 Å². The van der Waals surface area contributed by atoms with E-state index in [9.17, 15) is 14.9 Å². The molecule has 0 saturated carbocycles. The molecular weight excluding hydrogens is 689 g/mol. The fourth-order valence-corrected chi connectivity index (χ4v) is 7.38. The van der Waals surface area contributed by atoms with Crippen molar-refractivity contribution in [3.63, 3.8) is 0 Å². The molecule has 4 heterocycles. The second-order valence-electron chi connectivity index (χ2n) is 15.7. The Hall–Kier alpha value is -5.55. The van der Waals surface area contributed by atoms with E-state index in [1.165, 1.54) is 12.4 Å². The number of benzene rings is 2. The molecule has 3 atom stereocenters. The summed E-state index contributed by atoms with van der Waals surface area (Å²) in [4.78, 5) is 41.3. The molecule has 2 aliphatic rings. The van der Waals surface area contributed by atoms with Crippen molar-refractivity contribution in [3.8, 4) is 28.8 Å². The number of hydrogen-bond donors (Lipinski definition) is 1. The minimum Gasteiger partial charge on any atom is -0.457 e. The van der Waals surface area contributed by atoms with Crippen molar-refractivity contribution in [1.82, 2.24) is 34.4 Å². The fraction of sp³-hybridized carbons (Fsp3) is 0.450. The second-order valence-corrected chi connectivity index (χ2v) is 15.7. The van der Waals surface area contributed by atoms with Crippen molar-refractivity contribution in [2.45, 2.75) is 90.6 Å². The average molecular weight is 738 g/mol. The van der Waals surface area contributed by atoms with Gasteiger partial charge in [0.2, 0.25) is 0 Å². The molecular formula is C40H48FN9O4. The number of piperidine rings is 1. The maximum atomic E-state index is 15.7. The molecule has 2 aromatic carbocycles. The Bertz CT molecular complexity index is 2090. The number of fused-ring (bicyclic) bond motifs is 1. The summed E-state index contributed by atoms with van der Waals surface area (Å²) < 4.78 is 28.9. The van der Waals surface area contributed by atoms with Crippen LogP contribution >= 0.6 is 0 Å². The third-order valence-corrected chi connectivity index (χ3v) is 9.91. The SMILES string of the molecule is CC1CN(C(C)(C)/C=C(\C#N)C(=O)N2CCC[C@@H](n3nc(-c4ccc(Oc5ccccc5)cc4F)c4c(N)ncnc43)C2)CC(C)N1C(=O)OC(C)(C)C. The molecule has 4 aromatic rings. The van der Waals surface area contributed by atoms with Gasteiger partial charge in [-0.25, -0.2) is 23.8 Å². The molecule has 2 saturated heterocycles. The number of nitrogens with zero attached hydrogens (tertiary/aromatic N) is 8. The van der Waals surface area contributed by atoms with E-state index in [0.29, 0.717) is 55.0 Å². The number of rotatable bonds is 7. The lowest BCUT2D eigenvalue weighted by Gasteiger charge is -2.49. The number of anilines is 1. The Morgan fingerprint density at radius 1 is 1.00 bits per heavy atom. The molecule has 0 bridgehead atoms. The number of amides is 2. The molecule has 284 valence electrons. The van der Waals surface area contributed by atoms with E-state index in [-0.39, 0.29) is 59.3 Å². The number of nitriles is 1. The predicted octanol–water partition coefficient (Wildman–Crippen LogP) is 6.73. The molecule has 2 aliphatic heterocycles. The molecule has 0 spiro atoms. The van der Waals surface area contributed by atoms with Crippen LogP contribution in [0, 0.1) is 17.1 Å². The summed E-state index contributed by atoms with van der Waals surface area (Å²) in [5.41, 5.74) is 6.01. The van der Waals surface area contributed by atoms with Crippen molar-refractivity contribution < 1.29 is 23.5 Å². The highest BCUT2D eigenvalue weighted by Gasteiger charge is 2.40. The number of likely N-dealkylation sites (tertiary alicyclic amines) is 1. The van der Waals surface area contributed by atoms with E-state index in [0.717, 1.165) is 0 Å². The Morgan fingerprint density at radius 2 is 1.70 bits per heavy atom. The lowest BCUT2D eigenvalue weighted by Crippen LogP contribution is -2.63. The third-order valence-electron chi connectivity index (χ3n) is 9.91. The van der Waals surface area contributed by atoms with Gasteiger partial charge >= 0.3 is 6.09 Å². The third kappa shape index (κ3) is 8.01. The number of nitrogens with two attached hydrogens (primary N) is 1. The maximum Gasteiger partial charge on any atom is 0.410 e. The van der Waals surface area contributed by atoms with Crippen molar-refractivity contribution in [1.29, 1.82) is 5.26 Å². The number of halogens is 1. The highest BCUT2D eigenvalue weighted by Crippen LogP contribution is 2.37. The number of hydrogen-bond acceptors (Lipinski definition) is 10. The van der Waals surface area contributed by atoms with Gasteiger partial charge in [0, 0.05) is 55.4 Å². The summed E-state index contributed by atoms with van der Waals surface area (Å²) in [6.07, 6.45) is 4.03. The summed E-state index contributed by atoms with van der Waals surface area (Å²) in [5, 5.41) is 15.5. The molecule has 2 aromatic heterocycles. The molecule has 14 heteroatoms. The van der Waals surface area contributed by atoms with Gasteiger partial charge in [0.05, 0.1) is 11.4 Å². The molecule has 6 rings (SSSR count). The van der Waals surface area contributed by atoms with E-state index in [1.54, 1.807) is 44.8 Å². The first kappa shape index (κ1) is 38.2. The number of carbonyl (C=O) groups excluding carboxylic acids is 2. The van der Waals surface area contributed by atoms with Crippen LogP contribution in [0.5, 0.6) is 11.5 Å². The molecule has 2 fully saturated rings. The number of aromatic nitrogens is 4. The fourth-order valence-electron chi connectivity index (χ4n) is 7.38. The van der Waals surface area contributed by atoms with Gasteiger partial charge in [0.25, 0.3) is 5.91 Å². The Kier molecular flexibility index (Phi) is 10.6. The Labute approximate surface area is 315 Å². The lowest BCUT2D eigenvalue weighted by molar-refractivity contribution is -0.128. The van der Waals surface area contributed by atoms with Crippen LogP contribution in [0.3, 0.4) is 0 Å². The van der Waals surface area contributed by atoms with Gasteiger partial charge < -0.3 is 25.0 Å². The smallest absolute Gasteiger partial charge is 0.410 e. The lowest BCUT2D eigenvalue weighted by atomic mass is 9.94. The first-order valence-electron chi connectivity index (χ1n) is 18.3. The first-order valence-corrected chi connectivity index (χ1v) is 18.3. The number of ether oxygens (including phenoxy) is 2. The van der Waals surface area contributed by atoms with Gasteiger partial charge in [0.1, 0.15) is 52.4 Å². The van der Waals surface area contributed by atoms with Crippen molar-refractivity contribution in [2.75, 3.05) is 31.9 Å². The van der Waals surface area contributed by atoms with Gasteiger partial charge in [-0.1, -0.05) is 18.2 Å². The zero-order chi connectivity index (χ0) is 38.9. The number of carbonyl (C=O) groups is 2. The van der Waals surface area contributed by atoms with Crippen molar-refractivity contribution in [2.24, 2.45) is 0 Å². The quantitative estimate of drug-likeness (QED) is 0.159. The van der Waals surface area contributed by atoms with E-state index < -0.39 is 17.0 Å². The molecule has 2 unspecified atom stereocenters. The summed E-state index contributed by atoms with van der Waals surface area (Å²) in [6.45, 7) is 15.2. The predicted molar refractivity (Wildman–Crippen MR) is 203 cm³/mol. The zero-order valence-electron chi connectivity index (χ0n) is 31.9. The molecule has 0 radical (unpaired) electrons. The minimum absolute atomic E-state index is 0.0352. The average Bonchev–Trinajstić information content (AvgIpc) is 3.50. The first-order chi connectivity index (χ1) is 25.6. The molecule has 2 N–H and O–H groups in total. The Balaban J connectivity index is 1.22.